The molecular formula is C20H29N5O2. The van der Waals surface area contributed by atoms with E-state index in [-0.39, 0.29) is 18.2 Å². The first kappa shape index (κ1) is 19.4. The van der Waals surface area contributed by atoms with Crippen LogP contribution < -0.4 is 21.3 Å². The highest BCUT2D eigenvalue weighted by molar-refractivity contribution is 6.05. The van der Waals surface area contributed by atoms with Crippen LogP contribution in [0.3, 0.4) is 0 Å². The van der Waals surface area contributed by atoms with E-state index in [1.54, 1.807) is 0 Å². The van der Waals surface area contributed by atoms with Gasteiger partial charge in [0.05, 0.1) is 0 Å². The van der Waals surface area contributed by atoms with Crippen molar-refractivity contribution in [2.45, 2.75) is 38.6 Å². The monoisotopic (exact) mass is 371 g/mol. The third-order valence-electron chi connectivity index (χ3n) is 5.83. The molecule has 2 amide bonds. The quantitative estimate of drug-likeness (QED) is 0.337. The molecule has 1 aromatic carbocycles. The third kappa shape index (κ3) is 4.30. The molecule has 27 heavy (non-hydrogen) atoms. The van der Waals surface area contributed by atoms with E-state index in [0.29, 0.717) is 30.0 Å². The molecule has 7 heteroatoms. The van der Waals surface area contributed by atoms with Crippen LogP contribution in [0.5, 0.6) is 0 Å². The first-order chi connectivity index (χ1) is 13.0. The highest BCUT2D eigenvalue weighted by atomic mass is 16.2. The maximum absolute atomic E-state index is 11.4. The van der Waals surface area contributed by atoms with Gasteiger partial charge >= 0.3 is 0 Å². The lowest BCUT2D eigenvalue weighted by molar-refractivity contribution is -0.125. The van der Waals surface area contributed by atoms with Crippen LogP contribution in [-0.2, 0) is 9.59 Å². The lowest BCUT2D eigenvalue weighted by Gasteiger charge is -2.54. The van der Waals surface area contributed by atoms with Gasteiger partial charge in [0.1, 0.15) is 0 Å². The number of amides is 2. The van der Waals surface area contributed by atoms with Crippen LogP contribution in [0.4, 0.5) is 11.4 Å². The number of carbonyl (C=O) groups is 2. The van der Waals surface area contributed by atoms with Crippen molar-refractivity contribution in [1.29, 1.82) is 5.41 Å². The van der Waals surface area contributed by atoms with Crippen molar-refractivity contribution in [3.8, 4) is 0 Å². The van der Waals surface area contributed by atoms with Gasteiger partial charge in [0, 0.05) is 55.2 Å². The summed E-state index contributed by atoms with van der Waals surface area (Å²) >= 11 is 0. The summed E-state index contributed by atoms with van der Waals surface area (Å²) in [7, 11) is 1.86. The van der Waals surface area contributed by atoms with E-state index < -0.39 is 0 Å². The third-order valence-corrected chi connectivity index (χ3v) is 5.83. The Kier molecular flexibility index (Phi) is 5.79. The highest BCUT2D eigenvalue weighted by Crippen LogP contribution is 2.45. The fourth-order valence-electron chi connectivity index (χ4n) is 4.06. The zero-order valence-corrected chi connectivity index (χ0v) is 16.0. The minimum Gasteiger partial charge on any atom is -0.388 e. The maximum Gasteiger partial charge on any atom is 0.226 e. The Balaban J connectivity index is 1.58. The van der Waals surface area contributed by atoms with Crippen LogP contribution in [0.2, 0.25) is 0 Å². The fourth-order valence-corrected chi connectivity index (χ4v) is 4.06. The van der Waals surface area contributed by atoms with E-state index in [0.717, 1.165) is 30.0 Å². The Labute approximate surface area is 160 Å². The van der Waals surface area contributed by atoms with Crippen molar-refractivity contribution < 1.29 is 9.59 Å². The number of benzene rings is 1. The van der Waals surface area contributed by atoms with Crippen LogP contribution in [0.25, 0.3) is 0 Å². The van der Waals surface area contributed by atoms with Crippen molar-refractivity contribution in [2.24, 2.45) is 11.3 Å². The molecule has 5 N–H and O–H groups in total. The fraction of sp³-hybridized carbons (Fsp3) is 0.550. The van der Waals surface area contributed by atoms with E-state index in [9.17, 15) is 9.59 Å². The summed E-state index contributed by atoms with van der Waals surface area (Å²) in [4.78, 5) is 21.7. The average molecular weight is 371 g/mol. The molecule has 1 spiro atoms. The molecule has 2 fully saturated rings. The topological polar surface area (TPSA) is 106 Å². The van der Waals surface area contributed by atoms with E-state index in [2.05, 4.69) is 27.3 Å². The van der Waals surface area contributed by atoms with Gasteiger partial charge in [0.2, 0.25) is 12.3 Å². The lowest BCUT2D eigenvalue weighted by Crippen LogP contribution is -2.63. The molecule has 2 aliphatic rings. The number of hydrogen-bond acceptors (Lipinski definition) is 6. The van der Waals surface area contributed by atoms with Crippen LogP contribution >= 0.6 is 0 Å². The molecule has 146 valence electrons. The number of anilines is 2. The van der Waals surface area contributed by atoms with Crippen molar-refractivity contribution >= 4 is 29.4 Å². The van der Waals surface area contributed by atoms with Gasteiger partial charge < -0.3 is 21.4 Å². The lowest BCUT2D eigenvalue weighted by atomic mass is 9.61. The summed E-state index contributed by atoms with van der Waals surface area (Å²) < 4.78 is 0. The summed E-state index contributed by atoms with van der Waals surface area (Å²) in [6.07, 6.45) is 3.59. The zero-order chi connectivity index (χ0) is 19.4. The number of rotatable bonds is 9. The van der Waals surface area contributed by atoms with Gasteiger partial charge in [-0.15, -0.1) is 0 Å². The Hall–Kier alpha value is -2.41. The molecule has 0 bridgehead atoms. The number of imide groups is 1. The van der Waals surface area contributed by atoms with E-state index in [1.807, 2.05) is 26.1 Å². The van der Waals surface area contributed by atoms with Crippen molar-refractivity contribution in [3.63, 3.8) is 0 Å². The Morgan fingerprint density at radius 1 is 1.41 bits per heavy atom. The van der Waals surface area contributed by atoms with E-state index >= 15 is 0 Å². The Morgan fingerprint density at radius 3 is 2.74 bits per heavy atom. The molecule has 1 heterocycles. The predicted molar refractivity (Wildman–Crippen MR) is 107 cm³/mol. The van der Waals surface area contributed by atoms with Crippen molar-refractivity contribution in [2.75, 3.05) is 30.8 Å². The summed E-state index contributed by atoms with van der Waals surface area (Å²) in [5, 5.41) is 20.8. The second-order valence-corrected chi connectivity index (χ2v) is 7.90. The average Bonchev–Trinajstić information content (AvgIpc) is 2.60. The van der Waals surface area contributed by atoms with Crippen LogP contribution in [0.15, 0.2) is 18.2 Å². The zero-order valence-electron chi connectivity index (χ0n) is 16.0. The van der Waals surface area contributed by atoms with Crippen LogP contribution in [0, 0.1) is 16.7 Å². The van der Waals surface area contributed by atoms with Gasteiger partial charge in [0.25, 0.3) is 0 Å². The molecule has 3 rings (SSSR count). The maximum atomic E-state index is 11.4. The van der Waals surface area contributed by atoms with E-state index in [1.165, 1.54) is 12.8 Å². The van der Waals surface area contributed by atoms with Gasteiger partial charge in [-0.3, -0.25) is 14.9 Å². The molecule has 0 aromatic heterocycles. The molecule has 1 unspecified atom stereocenters. The highest BCUT2D eigenvalue weighted by Gasteiger charge is 2.48. The number of nitrogens with one attached hydrogen (secondary N) is 5. The summed E-state index contributed by atoms with van der Waals surface area (Å²) in [5.74, 6) is -0.385. The minimum absolute atomic E-state index is 0.0779. The molecule has 1 aliphatic heterocycles. The summed E-state index contributed by atoms with van der Waals surface area (Å²) in [6.45, 7) is 4.22. The normalized spacial score (nSPS) is 18.7. The van der Waals surface area contributed by atoms with E-state index in [4.69, 9.17) is 5.41 Å². The second kappa shape index (κ2) is 8.08. The summed E-state index contributed by atoms with van der Waals surface area (Å²) in [6, 6.07) is 6.58. The standard InChI is InChI=1S/C20H29N5O2/c1-13(3-6-18(27)24-12-26)19(21)16-5-4-14(7-17(16)22-2)25-15-8-20(9-15)10-23-11-20/h4-5,7,12-13,15,21-23,25H,3,6,8-11H2,1-2H3,(H,24,26,27). The molecule has 1 atom stereocenters. The molecular weight excluding hydrogens is 342 g/mol. The van der Waals surface area contributed by atoms with Gasteiger partial charge in [-0.05, 0) is 48.8 Å². The second-order valence-electron chi connectivity index (χ2n) is 7.90. The minimum atomic E-state index is -0.307. The molecule has 1 aromatic rings. The Morgan fingerprint density at radius 2 is 2.15 bits per heavy atom. The van der Waals surface area contributed by atoms with Crippen LogP contribution in [-0.4, -0.2) is 44.2 Å². The Bertz CT molecular complexity index is 721. The van der Waals surface area contributed by atoms with Crippen molar-refractivity contribution in [1.82, 2.24) is 10.6 Å². The first-order valence-electron chi connectivity index (χ1n) is 9.57. The van der Waals surface area contributed by atoms with Crippen LogP contribution in [0.1, 0.15) is 38.2 Å². The number of carbonyl (C=O) groups excluding carboxylic acids is 2. The SMILES string of the molecule is CNc1cc(NC2CC3(CNC3)C2)ccc1C(=N)C(C)CCC(=O)NC=O. The van der Waals surface area contributed by atoms with Gasteiger partial charge in [0.15, 0.2) is 0 Å². The van der Waals surface area contributed by atoms with Gasteiger partial charge in [-0.1, -0.05) is 6.92 Å². The van der Waals surface area contributed by atoms with Crippen molar-refractivity contribution in [3.05, 3.63) is 23.8 Å². The molecule has 7 nitrogen and oxygen atoms in total. The predicted octanol–water partition coefficient (Wildman–Crippen LogP) is 1.95. The molecule has 1 aliphatic carbocycles. The largest absolute Gasteiger partial charge is 0.388 e. The molecule has 1 saturated heterocycles. The van der Waals surface area contributed by atoms with Gasteiger partial charge in [-0.25, -0.2) is 0 Å². The summed E-state index contributed by atoms with van der Waals surface area (Å²) in [5.41, 5.74) is 3.86. The first-order valence-corrected chi connectivity index (χ1v) is 9.57. The van der Waals surface area contributed by atoms with Gasteiger partial charge in [-0.2, -0.15) is 0 Å². The number of hydrogen-bond donors (Lipinski definition) is 5. The molecule has 0 radical (unpaired) electrons. The molecule has 1 saturated carbocycles. The smallest absolute Gasteiger partial charge is 0.226 e.